The predicted molar refractivity (Wildman–Crippen MR) is 117 cm³/mol. The van der Waals surface area contributed by atoms with Crippen molar-refractivity contribution in [1.29, 1.82) is 0 Å². The summed E-state index contributed by atoms with van der Waals surface area (Å²) < 4.78 is 1.02. The van der Waals surface area contributed by atoms with Crippen molar-refractivity contribution in [2.75, 3.05) is 16.8 Å². The Morgan fingerprint density at radius 1 is 1.07 bits per heavy atom. The summed E-state index contributed by atoms with van der Waals surface area (Å²) in [7, 11) is 0. The Balaban J connectivity index is 1.65. The van der Waals surface area contributed by atoms with Gasteiger partial charge in [-0.15, -0.1) is 0 Å². The van der Waals surface area contributed by atoms with Crippen LogP contribution in [0.15, 0.2) is 71.7 Å². The second-order valence-corrected chi connectivity index (χ2v) is 7.68. The fraction of sp³-hybridized carbons (Fsp3) is 0.130. The van der Waals surface area contributed by atoms with Crippen LogP contribution in [0.2, 0.25) is 0 Å². The van der Waals surface area contributed by atoms with Gasteiger partial charge in [0.15, 0.2) is 0 Å². The Kier molecular flexibility index (Phi) is 5.01. The van der Waals surface area contributed by atoms with E-state index in [0.717, 1.165) is 45.0 Å². The minimum atomic E-state index is -0.166. The maximum atomic E-state index is 13.0. The molecular weight excluding hydrogens is 416 g/mol. The van der Waals surface area contributed by atoms with Crippen LogP contribution in [0.25, 0.3) is 10.8 Å². The molecule has 4 rings (SSSR count). The Hall–Kier alpha value is -2.92. The number of nitrogens with one attached hydrogen (secondary N) is 1. The topological polar surface area (TPSA) is 49.4 Å². The van der Waals surface area contributed by atoms with Crippen molar-refractivity contribution in [2.24, 2.45) is 0 Å². The molecule has 3 aromatic carbocycles. The SMILES string of the molecule is C=CC(=O)N1CCCc2c(C(=O)Nc3ccc4cc(Br)ccc4c3)cccc21. The first-order valence-electron chi connectivity index (χ1n) is 9.13. The molecule has 0 fully saturated rings. The van der Waals surface area contributed by atoms with Crippen molar-refractivity contribution in [3.8, 4) is 0 Å². The van der Waals surface area contributed by atoms with Crippen LogP contribution in [-0.2, 0) is 11.2 Å². The molecule has 1 N–H and O–H groups in total. The maximum absolute atomic E-state index is 13.0. The smallest absolute Gasteiger partial charge is 0.256 e. The van der Waals surface area contributed by atoms with Gasteiger partial charge in [-0.05, 0) is 71.7 Å². The normalized spacial score (nSPS) is 13.1. The van der Waals surface area contributed by atoms with Crippen molar-refractivity contribution in [3.63, 3.8) is 0 Å². The van der Waals surface area contributed by atoms with Gasteiger partial charge in [0.1, 0.15) is 0 Å². The highest BCUT2D eigenvalue weighted by molar-refractivity contribution is 9.10. The molecule has 0 radical (unpaired) electrons. The second-order valence-electron chi connectivity index (χ2n) is 6.76. The van der Waals surface area contributed by atoms with Gasteiger partial charge in [-0.2, -0.15) is 0 Å². The fourth-order valence-electron chi connectivity index (χ4n) is 3.67. The average molecular weight is 435 g/mol. The molecule has 0 bridgehead atoms. The lowest BCUT2D eigenvalue weighted by molar-refractivity contribution is -0.114. The number of carbonyl (C=O) groups excluding carboxylic acids is 2. The molecule has 4 nitrogen and oxygen atoms in total. The number of fused-ring (bicyclic) bond motifs is 2. The first kappa shape index (κ1) is 18.4. The van der Waals surface area contributed by atoms with Crippen LogP contribution in [0, 0.1) is 0 Å². The number of benzene rings is 3. The van der Waals surface area contributed by atoms with Gasteiger partial charge < -0.3 is 10.2 Å². The van der Waals surface area contributed by atoms with E-state index in [2.05, 4.69) is 27.8 Å². The fourth-order valence-corrected chi connectivity index (χ4v) is 4.05. The molecule has 1 heterocycles. The van der Waals surface area contributed by atoms with E-state index in [1.807, 2.05) is 54.6 Å². The number of halogens is 1. The molecule has 28 heavy (non-hydrogen) atoms. The van der Waals surface area contributed by atoms with Gasteiger partial charge in [-0.3, -0.25) is 9.59 Å². The number of carbonyl (C=O) groups is 2. The molecule has 2 amide bonds. The molecule has 5 heteroatoms. The van der Waals surface area contributed by atoms with E-state index in [0.29, 0.717) is 12.1 Å². The van der Waals surface area contributed by atoms with Gasteiger partial charge in [0.05, 0.1) is 0 Å². The Morgan fingerprint density at radius 3 is 2.68 bits per heavy atom. The summed E-state index contributed by atoms with van der Waals surface area (Å²) in [4.78, 5) is 26.8. The summed E-state index contributed by atoms with van der Waals surface area (Å²) in [5, 5.41) is 5.15. The van der Waals surface area contributed by atoms with Gasteiger partial charge in [-0.25, -0.2) is 0 Å². The molecular formula is C23H19BrN2O2. The van der Waals surface area contributed by atoms with Crippen molar-refractivity contribution in [1.82, 2.24) is 0 Å². The molecule has 0 unspecified atom stereocenters. The predicted octanol–water partition coefficient (Wildman–Crippen LogP) is 5.32. The number of amides is 2. The summed E-state index contributed by atoms with van der Waals surface area (Å²) in [5.41, 5.74) is 3.06. The Labute approximate surface area is 172 Å². The molecule has 0 aromatic heterocycles. The molecule has 0 atom stereocenters. The van der Waals surface area contributed by atoms with Gasteiger partial charge in [0.25, 0.3) is 5.91 Å². The van der Waals surface area contributed by atoms with Gasteiger partial charge in [-0.1, -0.05) is 40.7 Å². The molecule has 140 valence electrons. The van der Waals surface area contributed by atoms with E-state index in [1.165, 1.54) is 6.08 Å². The molecule has 0 aliphatic carbocycles. The first-order valence-corrected chi connectivity index (χ1v) is 9.92. The van der Waals surface area contributed by atoms with Crippen LogP contribution in [0.3, 0.4) is 0 Å². The van der Waals surface area contributed by atoms with Crippen molar-refractivity contribution in [2.45, 2.75) is 12.8 Å². The van der Waals surface area contributed by atoms with Crippen molar-refractivity contribution >= 4 is 49.9 Å². The Morgan fingerprint density at radius 2 is 1.86 bits per heavy atom. The van der Waals surface area contributed by atoms with E-state index in [1.54, 1.807) is 4.90 Å². The molecule has 1 aliphatic rings. The number of nitrogens with zero attached hydrogens (tertiary/aromatic N) is 1. The highest BCUT2D eigenvalue weighted by Crippen LogP contribution is 2.31. The van der Waals surface area contributed by atoms with Crippen LogP contribution in [-0.4, -0.2) is 18.4 Å². The lowest BCUT2D eigenvalue weighted by atomic mass is 9.95. The third kappa shape index (κ3) is 3.45. The average Bonchev–Trinajstić information content (AvgIpc) is 2.72. The summed E-state index contributed by atoms with van der Waals surface area (Å²) in [6, 6.07) is 17.4. The molecule has 0 spiro atoms. The second kappa shape index (κ2) is 7.60. The summed E-state index contributed by atoms with van der Waals surface area (Å²) in [6.07, 6.45) is 2.91. The van der Waals surface area contributed by atoms with Crippen molar-refractivity contribution < 1.29 is 9.59 Å². The van der Waals surface area contributed by atoms with E-state index in [4.69, 9.17) is 0 Å². The number of hydrogen-bond acceptors (Lipinski definition) is 2. The lowest BCUT2D eigenvalue weighted by Crippen LogP contribution is -2.35. The zero-order chi connectivity index (χ0) is 19.7. The van der Waals surface area contributed by atoms with E-state index >= 15 is 0 Å². The zero-order valence-corrected chi connectivity index (χ0v) is 16.8. The summed E-state index contributed by atoms with van der Waals surface area (Å²) in [6.45, 7) is 4.22. The van der Waals surface area contributed by atoms with Crippen LogP contribution >= 0.6 is 15.9 Å². The highest BCUT2D eigenvalue weighted by Gasteiger charge is 2.24. The lowest BCUT2D eigenvalue weighted by Gasteiger charge is -2.29. The molecule has 0 saturated heterocycles. The van der Waals surface area contributed by atoms with Crippen LogP contribution in [0.1, 0.15) is 22.3 Å². The van der Waals surface area contributed by atoms with Gasteiger partial charge in [0.2, 0.25) is 5.91 Å². The van der Waals surface area contributed by atoms with Gasteiger partial charge in [0, 0.05) is 28.0 Å². The van der Waals surface area contributed by atoms with Gasteiger partial charge >= 0.3 is 0 Å². The minimum absolute atomic E-state index is 0.140. The number of hydrogen-bond donors (Lipinski definition) is 1. The maximum Gasteiger partial charge on any atom is 0.256 e. The largest absolute Gasteiger partial charge is 0.322 e. The third-order valence-electron chi connectivity index (χ3n) is 5.00. The van der Waals surface area contributed by atoms with E-state index < -0.39 is 0 Å². The Bertz CT molecular complexity index is 1110. The zero-order valence-electron chi connectivity index (χ0n) is 15.2. The van der Waals surface area contributed by atoms with Crippen LogP contribution in [0.4, 0.5) is 11.4 Å². The van der Waals surface area contributed by atoms with E-state index in [-0.39, 0.29) is 11.8 Å². The summed E-state index contributed by atoms with van der Waals surface area (Å²) >= 11 is 3.47. The minimum Gasteiger partial charge on any atom is -0.322 e. The summed E-state index contributed by atoms with van der Waals surface area (Å²) in [5.74, 6) is -0.305. The quantitative estimate of drug-likeness (QED) is 0.567. The molecule has 1 aliphatic heterocycles. The highest BCUT2D eigenvalue weighted by atomic mass is 79.9. The monoisotopic (exact) mass is 434 g/mol. The van der Waals surface area contributed by atoms with Crippen molar-refractivity contribution in [3.05, 3.63) is 82.9 Å². The third-order valence-corrected chi connectivity index (χ3v) is 5.49. The molecule has 0 saturated carbocycles. The number of anilines is 2. The van der Waals surface area contributed by atoms with Crippen LogP contribution < -0.4 is 10.2 Å². The number of rotatable bonds is 3. The standard InChI is InChI=1S/C23H19BrN2O2/c1-2-22(27)26-12-4-6-19-20(5-3-7-21(19)26)23(28)25-18-11-9-15-13-17(24)10-8-16(15)14-18/h2-3,5,7-11,13-14H,1,4,6,12H2,(H,25,28). The first-order chi connectivity index (χ1) is 13.6. The van der Waals surface area contributed by atoms with E-state index in [9.17, 15) is 9.59 Å². The molecule has 3 aromatic rings. The van der Waals surface area contributed by atoms with Crippen LogP contribution in [0.5, 0.6) is 0 Å².